The Morgan fingerprint density at radius 1 is 0.933 bits per heavy atom. The molecule has 2 N–H and O–H groups in total. The van der Waals surface area contributed by atoms with Gasteiger partial charge in [0.1, 0.15) is 0 Å². The molecule has 0 heterocycles. The highest BCUT2D eigenvalue weighted by molar-refractivity contribution is 4.72. The highest BCUT2D eigenvalue weighted by Gasteiger charge is 2.15. The molecule has 0 aliphatic heterocycles. The van der Waals surface area contributed by atoms with Gasteiger partial charge in [-0.2, -0.15) is 0 Å². The second-order valence-electron chi connectivity index (χ2n) is 4.43. The van der Waals surface area contributed by atoms with Crippen LogP contribution < -0.4 is 5.73 Å². The van der Waals surface area contributed by atoms with Gasteiger partial charge < -0.3 is 10.5 Å². The van der Waals surface area contributed by atoms with Crippen LogP contribution in [0.5, 0.6) is 0 Å². The van der Waals surface area contributed by atoms with Crippen LogP contribution in [0.25, 0.3) is 0 Å². The summed E-state index contributed by atoms with van der Waals surface area (Å²) in [5, 5.41) is 0. The summed E-state index contributed by atoms with van der Waals surface area (Å²) in [5.41, 5.74) is 6.10. The first-order valence-corrected chi connectivity index (χ1v) is 6.54. The Kier molecular flexibility index (Phi) is 10.4. The van der Waals surface area contributed by atoms with Gasteiger partial charge in [0.05, 0.1) is 6.10 Å². The highest BCUT2D eigenvalue weighted by atomic mass is 16.5. The molecule has 0 radical (unpaired) electrons. The van der Waals surface area contributed by atoms with Gasteiger partial charge in [-0.1, -0.05) is 52.4 Å². The summed E-state index contributed by atoms with van der Waals surface area (Å²) >= 11 is 0. The van der Waals surface area contributed by atoms with Crippen LogP contribution in [-0.4, -0.2) is 19.3 Å². The van der Waals surface area contributed by atoms with Crippen LogP contribution in [0.15, 0.2) is 0 Å². The zero-order chi connectivity index (χ0) is 11.5. The molecule has 2 heteroatoms. The van der Waals surface area contributed by atoms with Crippen LogP contribution in [0.2, 0.25) is 0 Å². The molecule has 0 aliphatic rings. The molecule has 0 saturated heterocycles. The predicted octanol–water partition coefficient (Wildman–Crippen LogP) is 3.49. The average molecular weight is 215 g/mol. The Morgan fingerprint density at radius 3 is 2.13 bits per heavy atom. The molecule has 0 spiro atoms. The van der Waals surface area contributed by atoms with Crippen molar-refractivity contribution in [1.82, 2.24) is 0 Å². The lowest BCUT2D eigenvalue weighted by molar-refractivity contribution is 0.0694. The first kappa shape index (κ1) is 14.9. The van der Waals surface area contributed by atoms with E-state index in [2.05, 4.69) is 13.8 Å². The zero-order valence-electron chi connectivity index (χ0n) is 10.8. The van der Waals surface area contributed by atoms with Crippen LogP contribution in [0.4, 0.5) is 0 Å². The third-order valence-electron chi connectivity index (χ3n) is 2.99. The minimum atomic E-state index is 0.233. The van der Waals surface area contributed by atoms with E-state index in [4.69, 9.17) is 10.5 Å². The fraction of sp³-hybridized carbons (Fsp3) is 1.00. The molecule has 0 saturated carbocycles. The third kappa shape index (κ3) is 7.80. The van der Waals surface area contributed by atoms with Crippen molar-refractivity contribution in [3.63, 3.8) is 0 Å². The number of ether oxygens (including phenoxy) is 1. The molecule has 0 amide bonds. The minimum absolute atomic E-state index is 0.233. The topological polar surface area (TPSA) is 35.2 Å². The third-order valence-corrected chi connectivity index (χ3v) is 2.99. The largest absolute Gasteiger partial charge is 0.380 e. The molecule has 92 valence electrons. The second-order valence-corrected chi connectivity index (χ2v) is 4.43. The molecule has 2 nitrogen and oxygen atoms in total. The maximum atomic E-state index is 6.10. The Bertz CT molecular complexity index is 128. The molecular formula is C13H29NO. The van der Waals surface area contributed by atoms with Gasteiger partial charge in [0, 0.05) is 13.2 Å². The summed E-state index contributed by atoms with van der Waals surface area (Å²) in [4.78, 5) is 0. The molecule has 0 aromatic heterocycles. The molecule has 0 rings (SSSR count). The van der Waals surface area contributed by atoms with E-state index in [1.165, 1.54) is 32.1 Å². The van der Waals surface area contributed by atoms with E-state index < -0.39 is 0 Å². The summed E-state index contributed by atoms with van der Waals surface area (Å²) in [6.07, 6.45) is 10.2. The number of nitrogens with two attached hydrogens (primary N) is 1. The molecule has 0 aromatic rings. The van der Waals surface area contributed by atoms with Gasteiger partial charge in [-0.15, -0.1) is 0 Å². The van der Waals surface area contributed by atoms with Crippen molar-refractivity contribution >= 4 is 0 Å². The second kappa shape index (κ2) is 10.4. The number of methoxy groups -OCH3 is 1. The van der Waals surface area contributed by atoms with Crippen LogP contribution in [0.3, 0.4) is 0 Å². The Hall–Kier alpha value is -0.0800. The van der Waals surface area contributed by atoms with Crippen LogP contribution in [-0.2, 0) is 4.74 Å². The van der Waals surface area contributed by atoms with E-state index >= 15 is 0 Å². The normalized spacial score (nSPS) is 15.2. The first-order chi connectivity index (χ1) is 7.26. The fourth-order valence-electron chi connectivity index (χ4n) is 1.96. The quantitative estimate of drug-likeness (QED) is 0.566. The lowest BCUT2D eigenvalue weighted by Gasteiger charge is -2.21. The van der Waals surface area contributed by atoms with Gasteiger partial charge in [-0.05, 0) is 12.8 Å². The van der Waals surface area contributed by atoms with Gasteiger partial charge >= 0.3 is 0 Å². The van der Waals surface area contributed by atoms with Crippen molar-refractivity contribution < 1.29 is 4.74 Å². The summed E-state index contributed by atoms with van der Waals surface area (Å²) in [6, 6.07) is 0.233. The van der Waals surface area contributed by atoms with Gasteiger partial charge in [-0.25, -0.2) is 0 Å². The Balaban J connectivity index is 3.48. The van der Waals surface area contributed by atoms with Crippen molar-refractivity contribution in [2.45, 2.75) is 77.4 Å². The van der Waals surface area contributed by atoms with Crippen LogP contribution in [0.1, 0.15) is 65.2 Å². The maximum absolute atomic E-state index is 6.10. The molecule has 2 atom stereocenters. The van der Waals surface area contributed by atoms with Gasteiger partial charge in [-0.3, -0.25) is 0 Å². The number of rotatable bonds is 10. The minimum Gasteiger partial charge on any atom is -0.380 e. The summed E-state index contributed by atoms with van der Waals surface area (Å²) in [6.45, 7) is 4.42. The number of unbranched alkanes of at least 4 members (excludes halogenated alkanes) is 4. The van der Waals surface area contributed by atoms with Crippen molar-refractivity contribution in [2.24, 2.45) is 5.73 Å². The van der Waals surface area contributed by atoms with Gasteiger partial charge in [0.15, 0.2) is 0 Å². The maximum Gasteiger partial charge on any atom is 0.0722 e. The molecule has 0 bridgehead atoms. The predicted molar refractivity (Wildman–Crippen MR) is 67.1 cm³/mol. The first-order valence-electron chi connectivity index (χ1n) is 6.54. The van der Waals surface area contributed by atoms with Gasteiger partial charge in [0.25, 0.3) is 0 Å². The summed E-state index contributed by atoms with van der Waals surface area (Å²) in [5.74, 6) is 0. The van der Waals surface area contributed by atoms with E-state index in [1.54, 1.807) is 7.11 Å². The van der Waals surface area contributed by atoms with Crippen molar-refractivity contribution in [3.8, 4) is 0 Å². The highest BCUT2D eigenvalue weighted by Crippen LogP contribution is 2.12. The zero-order valence-corrected chi connectivity index (χ0v) is 10.8. The van der Waals surface area contributed by atoms with Crippen molar-refractivity contribution in [2.75, 3.05) is 7.11 Å². The summed E-state index contributed by atoms with van der Waals surface area (Å²) < 4.78 is 5.41. The number of hydrogen-bond donors (Lipinski definition) is 1. The lowest BCUT2D eigenvalue weighted by atomic mass is 10.00. The molecule has 2 unspecified atom stereocenters. The summed E-state index contributed by atoms with van der Waals surface area (Å²) in [7, 11) is 1.78. The lowest BCUT2D eigenvalue weighted by Crippen LogP contribution is -2.35. The molecule has 0 aromatic carbocycles. The van der Waals surface area contributed by atoms with Crippen molar-refractivity contribution in [1.29, 1.82) is 0 Å². The van der Waals surface area contributed by atoms with E-state index in [-0.39, 0.29) is 12.1 Å². The van der Waals surface area contributed by atoms with Crippen LogP contribution in [0, 0.1) is 0 Å². The van der Waals surface area contributed by atoms with Gasteiger partial charge in [0.2, 0.25) is 0 Å². The molecule has 0 fully saturated rings. The Morgan fingerprint density at radius 2 is 1.60 bits per heavy atom. The monoisotopic (exact) mass is 215 g/mol. The smallest absolute Gasteiger partial charge is 0.0722 e. The van der Waals surface area contributed by atoms with E-state index in [0.29, 0.717) is 0 Å². The average Bonchev–Trinajstić information content (AvgIpc) is 2.25. The van der Waals surface area contributed by atoms with E-state index in [9.17, 15) is 0 Å². The Labute approximate surface area is 95.6 Å². The molecular weight excluding hydrogens is 186 g/mol. The van der Waals surface area contributed by atoms with Crippen LogP contribution >= 0.6 is 0 Å². The van der Waals surface area contributed by atoms with E-state index in [0.717, 1.165) is 19.3 Å². The molecule has 0 aliphatic carbocycles. The fourth-order valence-corrected chi connectivity index (χ4v) is 1.96. The standard InChI is InChI=1S/C13H29NO/c1-4-6-7-8-9-11-12(14)13(15-3)10-5-2/h12-13H,4-11,14H2,1-3H3. The van der Waals surface area contributed by atoms with E-state index in [1.807, 2.05) is 0 Å². The number of hydrogen-bond acceptors (Lipinski definition) is 2. The SMILES string of the molecule is CCCCCCCC(N)C(CCC)OC. The van der Waals surface area contributed by atoms with Crippen molar-refractivity contribution in [3.05, 3.63) is 0 Å². The molecule has 15 heavy (non-hydrogen) atoms.